The number of hydrogen-bond donors (Lipinski definition) is 0. The number of nitrogens with zero attached hydrogens (tertiary/aromatic N) is 4. The molecule has 0 atom stereocenters. The summed E-state index contributed by atoms with van der Waals surface area (Å²) in [5, 5.41) is 8.32. The number of ether oxygens (including phenoxy) is 3. The van der Waals surface area contributed by atoms with Gasteiger partial charge in [-0.05, 0) is 60.0 Å². The number of rotatable bonds is 10. The summed E-state index contributed by atoms with van der Waals surface area (Å²) in [4.78, 5) is 14.5. The summed E-state index contributed by atoms with van der Waals surface area (Å²) in [6.45, 7) is 2.65. The Kier molecular flexibility index (Phi) is 8.38. The van der Waals surface area contributed by atoms with E-state index in [9.17, 15) is 18.0 Å². The molecule has 1 aromatic heterocycles. The Morgan fingerprint density at radius 1 is 0.923 bits per heavy atom. The van der Waals surface area contributed by atoms with Crippen LogP contribution in [0.3, 0.4) is 0 Å². The van der Waals surface area contributed by atoms with Crippen LogP contribution in [-0.4, -0.2) is 48.1 Å². The van der Waals surface area contributed by atoms with Gasteiger partial charge in [-0.1, -0.05) is 41.6 Å². The van der Waals surface area contributed by atoms with Crippen LogP contribution in [0.4, 0.5) is 18.9 Å². The van der Waals surface area contributed by atoms with Crippen LogP contribution in [0.1, 0.15) is 28.7 Å². The van der Waals surface area contributed by atoms with Gasteiger partial charge >= 0.3 is 12.3 Å². The third kappa shape index (κ3) is 7.07. The number of aromatic nitrogens is 3. The number of halogens is 3. The fraction of sp³-hybridized carbons (Fsp3) is 0.250. The molecule has 0 amide bonds. The summed E-state index contributed by atoms with van der Waals surface area (Å²) in [5.41, 5.74) is 4.11. The van der Waals surface area contributed by atoms with Gasteiger partial charge in [0.2, 0.25) is 0 Å². The fourth-order valence-corrected chi connectivity index (χ4v) is 3.95. The molecule has 0 aliphatic rings. The molecular weight excluding hydrogens is 513 g/mol. The number of benzene rings is 3. The molecule has 4 aromatic rings. The molecule has 0 saturated heterocycles. The van der Waals surface area contributed by atoms with E-state index in [4.69, 9.17) is 9.47 Å². The van der Waals surface area contributed by atoms with Gasteiger partial charge in [-0.25, -0.2) is 9.48 Å². The molecule has 0 radical (unpaired) electrons. The highest BCUT2D eigenvalue weighted by molar-refractivity contribution is 5.88. The maximum atomic E-state index is 12.6. The van der Waals surface area contributed by atoms with Crippen LogP contribution >= 0.6 is 0 Å². The molecular formula is C28H27F3N4O4. The van der Waals surface area contributed by atoms with Crippen molar-refractivity contribution in [1.29, 1.82) is 0 Å². The van der Waals surface area contributed by atoms with Gasteiger partial charge in [0.1, 0.15) is 11.5 Å². The molecule has 0 bridgehead atoms. The van der Waals surface area contributed by atoms with Gasteiger partial charge in [0.05, 0.1) is 32.5 Å². The summed E-state index contributed by atoms with van der Waals surface area (Å²) in [5.74, 6) is -0.0893. The summed E-state index contributed by atoms with van der Waals surface area (Å²) in [6, 6.07) is 20.7. The Balaban J connectivity index is 1.52. The van der Waals surface area contributed by atoms with E-state index in [1.165, 1.54) is 12.1 Å². The van der Waals surface area contributed by atoms with E-state index in [-0.39, 0.29) is 18.1 Å². The Hall–Kier alpha value is -4.54. The Morgan fingerprint density at radius 3 is 2.08 bits per heavy atom. The van der Waals surface area contributed by atoms with E-state index in [0.29, 0.717) is 18.8 Å². The topological polar surface area (TPSA) is 78.7 Å². The second kappa shape index (κ2) is 11.9. The predicted molar refractivity (Wildman–Crippen MR) is 139 cm³/mol. The van der Waals surface area contributed by atoms with Gasteiger partial charge in [0.25, 0.3) is 0 Å². The van der Waals surface area contributed by atoms with Crippen molar-refractivity contribution in [2.24, 2.45) is 0 Å². The van der Waals surface area contributed by atoms with Crippen LogP contribution in [0.2, 0.25) is 0 Å². The van der Waals surface area contributed by atoms with Crippen molar-refractivity contribution in [1.82, 2.24) is 15.0 Å². The van der Waals surface area contributed by atoms with Crippen molar-refractivity contribution in [2.75, 3.05) is 25.7 Å². The van der Waals surface area contributed by atoms with E-state index in [0.717, 1.165) is 28.1 Å². The largest absolute Gasteiger partial charge is 0.573 e. The Labute approximate surface area is 223 Å². The number of methoxy groups -OCH3 is 1. The van der Waals surface area contributed by atoms with Crippen LogP contribution in [0.15, 0.2) is 72.8 Å². The van der Waals surface area contributed by atoms with Crippen LogP contribution in [-0.2, 0) is 17.8 Å². The number of hydrogen-bond acceptors (Lipinski definition) is 7. The first kappa shape index (κ1) is 27.5. The van der Waals surface area contributed by atoms with Crippen LogP contribution in [0.25, 0.3) is 11.1 Å². The van der Waals surface area contributed by atoms with Crippen molar-refractivity contribution in [2.45, 2.75) is 26.4 Å². The highest BCUT2D eigenvalue weighted by atomic mass is 19.4. The van der Waals surface area contributed by atoms with Crippen LogP contribution in [0, 0.1) is 0 Å². The predicted octanol–water partition coefficient (Wildman–Crippen LogP) is 5.71. The van der Waals surface area contributed by atoms with E-state index in [1.54, 1.807) is 30.8 Å². The summed E-state index contributed by atoms with van der Waals surface area (Å²) >= 11 is 0. The minimum Gasteiger partial charge on any atom is -0.497 e. The second-order valence-corrected chi connectivity index (χ2v) is 8.59. The average Bonchev–Trinajstić information content (AvgIpc) is 3.30. The number of esters is 1. The highest BCUT2D eigenvalue weighted by Gasteiger charge is 2.31. The summed E-state index contributed by atoms with van der Waals surface area (Å²) in [7, 11) is 3.47. The minimum absolute atomic E-state index is 0.148. The number of carbonyl (C=O) groups excluding carboxylic acids is 1. The van der Waals surface area contributed by atoms with Crippen molar-refractivity contribution in [3.63, 3.8) is 0 Å². The number of alkyl halides is 3. The van der Waals surface area contributed by atoms with E-state index < -0.39 is 12.3 Å². The zero-order chi connectivity index (χ0) is 28.0. The Bertz CT molecular complexity index is 1390. The zero-order valence-electron chi connectivity index (χ0n) is 21.6. The molecule has 0 saturated carbocycles. The van der Waals surface area contributed by atoms with Gasteiger partial charge in [0.15, 0.2) is 5.69 Å². The lowest BCUT2D eigenvalue weighted by atomic mass is 10.1. The molecule has 0 aliphatic carbocycles. The average molecular weight is 541 g/mol. The van der Waals surface area contributed by atoms with Gasteiger partial charge in [-0.3, -0.25) is 0 Å². The lowest BCUT2D eigenvalue weighted by molar-refractivity contribution is -0.274. The summed E-state index contributed by atoms with van der Waals surface area (Å²) in [6.07, 6.45) is -4.74. The molecule has 204 valence electrons. The van der Waals surface area contributed by atoms with Crippen LogP contribution in [0.5, 0.6) is 11.5 Å². The third-order valence-corrected chi connectivity index (χ3v) is 5.91. The molecule has 0 aliphatic heterocycles. The number of carbonyl (C=O) groups is 1. The van der Waals surface area contributed by atoms with Gasteiger partial charge in [-0.15, -0.1) is 18.3 Å². The van der Waals surface area contributed by atoms with Crippen molar-refractivity contribution < 1.29 is 32.2 Å². The zero-order valence-corrected chi connectivity index (χ0v) is 21.6. The van der Waals surface area contributed by atoms with Crippen LogP contribution < -0.4 is 14.4 Å². The first-order valence-corrected chi connectivity index (χ1v) is 12.1. The first-order chi connectivity index (χ1) is 18.7. The fourth-order valence-electron chi connectivity index (χ4n) is 3.95. The molecule has 3 aromatic carbocycles. The van der Waals surface area contributed by atoms with E-state index in [2.05, 4.69) is 15.0 Å². The third-order valence-electron chi connectivity index (χ3n) is 5.91. The first-order valence-electron chi connectivity index (χ1n) is 12.1. The lowest BCUT2D eigenvalue weighted by Gasteiger charge is -2.21. The second-order valence-electron chi connectivity index (χ2n) is 8.59. The van der Waals surface area contributed by atoms with Gasteiger partial charge in [0, 0.05) is 12.7 Å². The van der Waals surface area contributed by atoms with E-state index in [1.807, 2.05) is 60.5 Å². The molecule has 0 unspecified atom stereocenters. The quantitative estimate of drug-likeness (QED) is 0.238. The smallest absolute Gasteiger partial charge is 0.497 e. The molecule has 8 nitrogen and oxygen atoms in total. The Morgan fingerprint density at radius 2 is 1.51 bits per heavy atom. The molecule has 0 fully saturated rings. The monoisotopic (exact) mass is 540 g/mol. The SMILES string of the molecule is CCOC(=O)c1nnn(Cc2ccc(OC)cc2)c1CN(C)c1ccc(-c2ccc(OC(F)(F)F)cc2)cc1. The highest BCUT2D eigenvalue weighted by Crippen LogP contribution is 2.28. The molecule has 4 rings (SSSR count). The van der Waals surface area contributed by atoms with Crippen molar-refractivity contribution >= 4 is 11.7 Å². The standard InChI is InChI=1S/C28H27F3N4O4/c1-4-38-27(36)26-25(35(33-32-26)17-19-5-13-23(37-3)14-6-19)18-34(2)22-11-7-20(8-12-22)21-9-15-24(16-10-21)39-28(29,30)31/h5-16H,4,17-18H2,1-3H3. The van der Waals surface area contributed by atoms with Gasteiger partial charge in [-0.2, -0.15) is 0 Å². The molecule has 11 heteroatoms. The normalized spacial score (nSPS) is 11.2. The molecule has 39 heavy (non-hydrogen) atoms. The van der Waals surface area contributed by atoms with Gasteiger partial charge < -0.3 is 19.1 Å². The summed E-state index contributed by atoms with van der Waals surface area (Å²) < 4.78 is 53.3. The molecule has 1 heterocycles. The molecule has 0 spiro atoms. The maximum absolute atomic E-state index is 12.6. The lowest BCUT2D eigenvalue weighted by Crippen LogP contribution is -2.22. The van der Waals surface area contributed by atoms with Crippen molar-refractivity contribution in [3.8, 4) is 22.6 Å². The van der Waals surface area contributed by atoms with Crippen molar-refractivity contribution in [3.05, 3.63) is 89.7 Å². The number of anilines is 1. The molecule has 0 N–H and O–H groups in total. The minimum atomic E-state index is -4.74. The maximum Gasteiger partial charge on any atom is 0.573 e. The van der Waals surface area contributed by atoms with E-state index >= 15 is 0 Å².